The number of hydrogen-bond acceptors (Lipinski definition) is 3. The topological polar surface area (TPSA) is 77.8 Å². The lowest BCUT2D eigenvalue weighted by Crippen LogP contribution is -2.33. The maximum absolute atomic E-state index is 12.2. The van der Waals surface area contributed by atoms with Gasteiger partial charge in [0.25, 0.3) is 0 Å². The third-order valence-electron chi connectivity index (χ3n) is 6.35. The maximum Gasteiger partial charge on any atom is 0.331 e. The number of carboxylic acids is 1. The molecule has 0 aromatic heterocycles. The van der Waals surface area contributed by atoms with Crippen molar-refractivity contribution < 1.29 is 20.1 Å². The summed E-state index contributed by atoms with van der Waals surface area (Å²) in [5, 5.41) is 30.4. The van der Waals surface area contributed by atoms with Gasteiger partial charge in [-0.05, 0) is 57.8 Å². The van der Waals surface area contributed by atoms with Gasteiger partial charge in [0.15, 0.2) is 0 Å². The molecule has 0 spiro atoms. The van der Waals surface area contributed by atoms with Crippen LogP contribution in [0.2, 0.25) is 25.7 Å². The minimum Gasteiger partial charge on any atom is -0.478 e. The van der Waals surface area contributed by atoms with Crippen LogP contribution in [0.4, 0.5) is 0 Å². The quantitative estimate of drug-likeness (QED) is 0.121. The Balaban J connectivity index is 3.01. The van der Waals surface area contributed by atoms with Crippen LogP contribution in [0.15, 0.2) is 23.3 Å². The molecule has 3 N–H and O–H groups in total. The van der Waals surface area contributed by atoms with Gasteiger partial charge < -0.3 is 15.3 Å². The van der Waals surface area contributed by atoms with Gasteiger partial charge in [0.05, 0.1) is 5.60 Å². The predicted molar refractivity (Wildman–Crippen MR) is 129 cm³/mol. The van der Waals surface area contributed by atoms with Crippen molar-refractivity contribution in [2.75, 3.05) is 6.61 Å². The van der Waals surface area contributed by atoms with Gasteiger partial charge in [0.1, 0.15) is 0 Å². The Morgan fingerprint density at radius 2 is 1.80 bits per heavy atom. The highest BCUT2D eigenvalue weighted by atomic mass is 28.3. The molecule has 0 amide bonds. The molecule has 2 atom stereocenters. The Morgan fingerprint density at radius 3 is 2.40 bits per heavy atom. The molecule has 1 aliphatic carbocycles. The van der Waals surface area contributed by atoms with Crippen LogP contribution >= 0.6 is 0 Å². The number of aliphatic carboxylic acids is 1. The monoisotopic (exact) mass is 438 g/mol. The fourth-order valence-electron chi connectivity index (χ4n) is 4.51. The van der Waals surface area contributed by atoms with Gasteiger partial charge in [0.2, 0.25) is 0 Å². The summed E-state index contributed by atoms with van der Waals surface area (Å²) < 4.78 is 0. The molecule has 0 aromatic carbocycles. The number of allylic oxidation sites excluding steroid dienone is 1. The molecule has 1 rings (SSSR count). The molecule has 174 valence electrons. The van der Waals surface area contributed by atoms with E-state index in [1.165, 1.54) is 0 Å². The lowest BCUT2D eigenvalue weighted by atomic mass is 9.79. The number of carbonyl (C=O) groups is 1. The van der Waals surface area contributed by atoms with Crippen molar-refractivity contribution in [3.8, 4) is 0 Å². The standard InChI is InChI=1S/C25H46O4Si/c1-5-6-14-21(22(24(27)28)16-20-30(2,3)4)23-15-13-18-25(23,29)17-11-9-7-8-10-12-19-26/h11,17,23,26,29H,5-10,12-16,18-20H2,1-4H3,(H,27,28)/t23-,25-/m0/s1. The molecule has 0 bridgehead atoms. The molecule has 0 unspecified atom stereocenters. The number of unbranched alkanes of at least 4 members (excludes halogenated alkanes) is 5. The van der Waals surface area contributed by atoms with Gasteiger partial charge in [-0.3, -0.25) is 0 Å². The van der Waals surface area contributed by atoms with E-state index in [1.54, 1.807) is 0 Å². The zero-order valence-corrected chi connectivity index (χ0v) is 20.9. The largest absolute Gasteiger partial charge is 0.478 e. The third-order valence-corrected chi connectivity index (χ3v) is 8.10. The highest BCUT2D eigenvalue weighted by molar-refractivity contribution is 6.76. The Morgan fingerprint density at radius 1 is 1.10 bits per heavy atom. The van der Waals surface area contributed by atoms with E-state index >= 15 is 0 Å². The van der Waals surface area contributed by atoms with Crippen molar-refractivity contribution in [3.63, 3.8) is 0 Å². The molecule has 0 heterocycles. The summed E-state index contributed by atoms with van der Waals surface area (Å²) in [5.41, 5.74) is 0.678. The van der Waals surface area contributed by atoms with Crippen LogP contribution in [0.5, 0.6) is 0 Å². The first kappa shape index (κ1) is 27.1. The van der Waals surface area contributed by atoms with Crippen LogP contribution < -0.4 is 0 Å². The SMILES string of the molecule is CCCCC(=C(CC[Si](C)(C)C)C(=O)O)[C@@H]1CCC[C@@]1(O)C=CCCCCCCO. The zero-order chi connectivity index (χ0) is 22.6. The normalized spacial score (nSPS) is 23.2. The molecule has 0 radical (unpaired) electrons. The number of aliphatic hydroxyl groups is 2. The Bertz CT molecular complexity index is 576. The van der Waals surface area contributed by atoms with Crippen LogP contribution in [0, 0.1) is 5.92 Å². The van der Waals surface area contributed by atoms with E-state index in [9.17, 15) is 15.0 Å². The number of rotatable bonds is 15. The molecule has 1 saturated carbocycles. The second-order valence-corrected chi connectivity index (χ2v) is 15.9. The minimum atomic E-state index is -1.35. The molecule has 5 heteroatoms. The molecule has 0 aliphatic heterocycles. The van der Waals surface area contributed by atoms with E-state index in [2.05, 4.69) is 32.6 Å². The van der Waals surface area contributed by atoms with Gasteiger partial charge in [-0.15, -0.1) is 0 Å². The molecule has 0 saturated heterocycles. The van der Waals surface area contributed by atoms with E-state index in [1.807, 2.05) is 6.08 Å². The van der Waals surface area contributed by atoms with Gasteiger partial charge in [-0.25, -0.2) is 4.79 Å². The summed E-state index contributed by atoms with van der Waals surface area (Å²) in [6.45, 7) is 9.25. The highest BCUT2D eigenvalue weighted by Crippen LogP contribution is 2.44. The van der Waals surface area contributed by atoms with Crippen molar-refractivity contribution in [3.05, 3.63) is 23.3 Å². The number of hydrogen-bond donors (Lipinski definition) is 3. The van der Waals surface area contributed by atoms with Gasteiger partial charge in [-0.1, -0.05) is 69.6 Å². The summed E-state index contributed by atoms with van der Waals surface area (Å²) in [6.07, 6.45) is 15.0. The van der Waals surface area contributed by atoms with E-state index in [0.717, 1.165) is 82.2 Å². The van der Waals surface area contributed by atoms with Crippen LogP contribution in [0.1, 0.15) is 84.0 Å². The lowest BCUT2D eigenvalue weighted by molar-refractivity contribution is -0.132. The molecule has 0 aromatic rings. The second-order valence-electron chi connectivity index (χ2n) is 10.2. The third kappa shape index (κ3) is 9.48. The molecular formula is C25H46O4Si. The minimum absolute atomic E-state index is 0.0672. The van der Waals surface area contributed by atoms with E-state index in [0.29, 0.717) is 12.0 Å². The first-order valence-electron chi connectivity index (χ1n) is 12.1. The molecule has 1 aliphatic rings. The van der Waals surface area contributed by atoms with E-state index in [-0.39, 0.29) is 12.5 Å². The van der Waals surface area contributed by atoms with E-state index in [4.69, 9.17) is 5.11 Å². The van der Waals surface area contributed by atoms with Crippen molar-refractivity contribution in [2.24, 2.45) is 5.92 Å². The smallest absolute Gasteiger partial charge is 0.331 e. The van der Waals surface area contributed by atoms with Gasteiger partial charge >= 0.3 is 5.97 Å². The van der Waals surface area contributed by atoms with Crippen molar-refractivity contribution >= 4 is 14.0 Å². The number of aliphatic hydroxyl groups excluding tert-OH is 1. The molecule has 4 nitrogen and oxygen atoms in total. The average molecular weight is 439 g/mol. The number of carboxylic acid groups (broad SMARTS) is 1. The fourth-order valence-corrected chi connectivity index (χ4v) is 5.51. The van der Waals surface area contributed by atoms with Crippen molar-refractivity contribution in [1.29, 1.82) is 0 Å². The fraction of sp³-hybridized carbons (Fsp3) is 0.800. The van der Waals surface area contributed by atoms with Gasteiger partial charge in [-0.2, -0.15) is 0 Å². The van der Waals surface area contributed by atoms with Crippen molar-refractivity contribution in [2.45, 2.75) is 115 Å². The molecule has 1 fully saturated rings. The lowest BCUT2D eigenvalue weighted by Gasteiger charge is -2.31. The summed E-state index contributed by atoms with van der Waals surface area (Å²) in [4.78, 5) is 12.2. The van der Waals surface area contributed by atoms with E-state index < -0.39 is 19.6 Å². The van der Waals surface area contributed by atoms with Crippen LogP contribution in [-0.2, 0) is 4.79 Å². The first-order chi connectivity index (χ1) is 14.1. The summed E-state index contributed by atoms with van der Waals surface area (Å²) >= 11 is 0. The molecular weight excluding hydrogens is 392 g/mol. The van der Waals surface area contributed by atoms with Crippen LogP contribution in [0.25, 0.3) is 0 Å². The first-order valence-corrected chi connectivity index (χ1v) is 15.8. The maximum atomic E-state index is 12.2. The average Bonchev–Trinajstić information content (AvgIpc) is 3.04. The highest BCUT2D eigenvalue weighted by Gasteiger charge is 2.42. The van der Waals surface area contributed by atoms with Crippen molar-refractivity contribution in [1.82, 2.24) is 0 Å². The summed E-state index contributed by atoms with van der Waals surface area (Å²) in [6, 6.07) is 0.971. The molecule has 30 heavy (non-hydrogen) atoms. The van der Waals surface area contributed by atoms with Crippen LogP contribution in [0.3, 0.4) is 0 Å². The van der Waals surface area contributed by atoms with Crippen LogP contribution in [-0.4, -0.2) is 41.6 Å². The predicted octanol–water partition coefficient (Wildman–Crippen LogP) is 6.32. The Hall–Kier alpha value is -0.913. The van der Waals surface area contributed by atoms with Gasteiger partial charge in [0, 0.05) is 26.2 Å². The Labute approximate surface area is 185 Å². The Kier molecular flexibility index (Phi) is 12.2. The summed E-state index contributed by atoms with van der Waals surface area (Å²) in [7, 11) is -1.35. The zero-order valence-electron chi connectivity index (χ0n) is 19.9. The second kappa shape index (κ2) is 13.5. The summed E-state index contributed by atoms with van der Waals surface area (Å²) in [5.74, 6) is -0.858.